The van der Waals surface area contributed by atoms with Gasteiger partial charge in [-0.3, -0.25) is 9.69 Å². The molecule has 1 unspecified atom stereocenters. The Hall–Kier alpha value is -0.450. The fraction of sp³-hybridized carbons (Fsp3) is 0.900. The molecule has 0 radical (unpaired) electrons. The second-order valence-electron chi connectivity index (χ2n) is 3.85. The van der Waals surface area contributed by atoms with Crippen molar-refractivity contribution in [3.63, 3.8) is 0 Å². The van der Waals surface area contributed by atoms with Gasteiger partial charge in [-0.25, -0.2) is 0 Å². The number of ether oxygens (including phenoxy) is 2. The van der Waals surface area contributed by atoms with Gasteiger partial charge in [0.15, 0.2) is 5.78 Å². The Morgan fingerprint density at radius 1 is 1.64 bits per heavy atom. The van der Waals surface area contributed by atoms with Crippen molar-refractivity contribution in [2.45, 2.75) is 26.0 Å². The molecule has 0 amide bonds. The lowest BCUT2D eigenvalue weighted by atomic mass is 10.1. The second-order valence-corrected chi connectivity index (χ2v) is 3.85. The van der Waals surface area contributed by atoms with Crippen LogP contribution in [-0.4, -0.2) is 56.2 Å². The van der Waals surface area contributed by atoms with E-state index in [0.717, 1.165) is 6.54 Å². The number of Topliss-reactive ketones (excluding diaryl/α,β-unsaturated/α-hetero) is 1. The summed E-state index contributed by atoms with van der Waals surface area (Å²) in [5.41, 5.74) is 0. The molecule has 1 fully saturated rings. The summed E-state index contributed by atoms with van der Waals surface area (Å²) >= 11 is 0. The Morgan fingerprint density at radius 3 is 2.93 bits per heavy atom. The lowest BCUT2D eigenvalue weighted by molar-refractivity contribution is -0.140. The van der Waals surface area contributed by atoms with Gasteiger partial charge in [0.1, 0.15) is 12.7 Å². The second kappa shape index (κ2) is 5.44. The van der Waals surface area contributed by atoms with Gasteiger partial charge in [0.25, 0.3) is 0 Å². The van der Waals surface area contributed by atoms with Crippen LogP contribution in [0.15, 0.2) is 0 Å². The molecule has 4 heteroatoms. The van der Waals surface area contributed by atoms with E-state index in [1.165, 1.54) is 7.11 Å². The van der Waals surface area contributed by atoms with Crippen molar-refractivity contribution in [2.75, 3.05) is 33.4 Å². The van der Waals surface area contributed by atoms with Crippen LogP contribution in [0.2, 0.25) is 0 Å². The molecule has 1 aliphatic rings. The Balaban J connectivity index is 2.43. The predicted molar refractivity (Wildman–Crippen MR) is 53.3 cm³/mol. The summed E-state index contributed by atoms with van der Waals surface area (Å²) in [7, 11) is 1.53. The number of rotatable bonds is 4. The lowest BCUT2D eigenvalue weighted by Crippen LogP contribution is -2.49. The fourth-order valence-corrected chi connectivity index (χ4v) is 1.57. The number of nitrogens with zero attached hydrogens (tertiary/aromatic N) is 1. The van der Waals surface area contributed by atoms with E-state index < -0.39 is 0 Å². The van der Waals surface area contributed by atoms with Crippen LogP contribution in [0.4, 0.5) is 0 Å². The van der Waals surface area contributed by atoms with Crippen LogP contribution in [-0.2, 0) is 14.3 Å². The summed E-state index contributed by atoms with van der Waals surface area (Å²) in [5, 5.41) is 0. The molecule has 0 aromatic heterocycles. The van der Waals surface area contributed by atoms with Crippen LogP contribution in [0.25, 0.3) is 0 Å². The highest BCUT2D eigenvalue weighted by molar-refractivity contribution is 5.84. The lowest BCUT2D eigenvalue weighted by Gasteiger charge is -2.34. The van der Waals surface area contributed by atoms with Crippen LogP contribution >= 0.6 is 0 Å². The number of ketones is 1. The average molecular weight is 201 g/mol. The Bertz CT molecular complexity index is 194. The molecule has 1 heterocycles. The van der Waals surface area contributed by atoms with E-state index in [1.807, 2.05) is 0 Å². The van der Waals surface area contributed by atoms with Gasteiger partial charge in [-0.05, 0) is 13.8 Å². The number of hydrogen-bond donors (Lipinski definition) is 0. The monoisotopic (exact) mass is 201 g/mol. The number of carbonyl (C=O) groups excluding carboxylic acids is 1. The first-order valence-corrected chi connectivity index (χ1v) is 5.02. The largest absolute Gasteiger partial charge is 0.377 e. The molecule has 0 aliphatic carbocycles. The quantitative estimate of drug-likeness (QED) is 0.656. The standard InChI is InChI=1S/C10H19NO3/c1-8(2)11-4-5-14-10(6-11)9(12)7-13-3/h8,10H,4-7H2,1-3H3. The van der Waals surface area contributed by atoms with E-state index in [1.54, 1.807) is 0 Å². The van der Waals surface area contributed by atoms with Crippen molar-refractivity contribution >= 4 is 5.78 Å². The van der Waals surface area contributed by atoms with E-state index >= 15 is 0 Å². The Labute approximate surface area is 85.2 Å². The molecule has 82 valence electrons. The molecule has 0 N–H and O–H groups in total. The summed E-state index contributed by atoms with van der Waals surface area (Å²) in [5.74, 6) is 0.0397. The minimum atomic E-state index is -0.300. The number of carbonyl (C=O) groups is 1. The number of hydrogen-bond acceptors (Lipinski definition) is 4. The third kappa shape index (κ3) is 3.04. The van der Waals surface area contributed by atoms with Gasteiger partial charge in [0.2, 0.25) is 0 Å². The zero-order valence-electron chi connectivity index (χ0n) is 9.16. The van der Waals surface area contributed by atoms with Gasteiger partial charge in [0.05, 0.1) is 6.61 Å². The molecule has 0 aromatic rings. The topological polar surface area (TPSA) is 38.8 Å². The minimum absolute atomic E-state index is 0.0397. The molecule has 0 saturated carbocycles. The summed E-state index contributed by atoms with van der Waals surface area (Å²) in [6, 6.07) is 0.469. The first kappa shape index (κ1) is 11.6. The maximum atomic E-state index is 11.5. The summed E-state index contributed by atoms with van der Waals surface area (Å²) in [4.78, 5) is 13.7. The molecule has 4 nitrogen and oxygen atoms in total. The maximum absolute atomic E-state index is 11.5. The molecule has 0 spiro atoms. The van der Waals surface area contributed by atoms with Crippen molar-refractivity contribution < 1.29 is 14.3 Å². The van der Waals surface area contributed by atoms with Crippen LogP contribution in [0.1, 0.15) is 13.8 Å². The summed E-state index contributed by atoms with van der Waals surface area (Å²) < 4.78 is 10.2. The fourth-order valence-electron chi connectivity index (χ4n) is 1.57. The van der Waals surface area contributed by atoms with Gasteiger partial charge < -0.3 is 9.47 Å². The van der Waals surface area contributed by atoms with Crippen LogP contribution in [0, 0.1) is 0 Å². The van der Waals surface area contributed by atoms with E-state index in [9.17, 15) is 4.79 Å². The van der Waals surface area contributed by atoms with E-state index in [4.69, 9.17) is 9.47 Å². The molecule has 14 heavy (non-hydrogen) atoms. The van der Waals surface area contributed by atoms with Gasteiger partial charge >= 0.3 is 0 Å². The molecule has 1 aliphatic heterocycles. The highest BCUT2D eigenvalue weighted by atomic mass is 16.5. The molecule has 1 rings (SSSR count). The third-order valence-corrected chi connectivity index (χ3v) is 2.47. The van der Waals surface area contributed by atoms with Crippen LogP contribution < -0.4 is 0 Å². The van der Waals surface area contributed by atoms with Crippen molar-refractivity contribution in [3.8, 4) is 0 Å². The first-order chi connectivity index (χ1) is 6.65. The van der Waals surface area contributed by atoms with Gasteiger partial charge in [-0.2, -0.15) is 0 Å². The SMILES string of the molecule is COCC(=O)C1CN(C(C)C)CCO1. The maximum Gasteiger partial charge on any atom is 0.188 e. The minimum Gasteiger partial charge on any atom is -0.377 e. The van der Waals surface area contributed by atoms with E-state index in [2.05, 4.69) is 18.7 Å². The van der Waals surface area contributed by atoms with Crippen LogP contribution in [0.3, 0.4) is 0 Å². The van der Waals surface area contributed by atoms with Gasteiger partial charge in [0, 0.05) is 26.2 Å². The van der Waals surface area contributed by atoms with Gasteiger partial charge in [-0.1, -0.05) is 0 Å². The summed E-state index contributed by atoms with van der Waals surface area (Å²) in [6.45, 7) is 6.65. The van der Waals surface area contributed by atoms with Crippen molar-refractivity contribution in [2.24, 2.45) is 0 Å². The molecular weight excluding hydrogens is 182 g/mol. The normalized spacial score (nSPS) is 24.1. The van der Waals surface area contributed by atoms with E-state index in [-0.39, 0.29) is 18.5 Å². The molecule has 1 saturated heterocycles. The predicted octanol–water partition coefficient (Wildman–Crippen LogP) is 0.311. The first-order valence-electron chi connectivity index (χ1n) is 5.02. The Morgan fingerprint density at radius 2 is 2.36 bits per heavy atom. The molecular formula is C10H19NO3. The molecule has 1 atom stereocenters. The number of morpholine rings is 1. The van der Waals surface area contributed by atoms with Crippen molar-refractivity contribution in [1.29, 1.82) is 0 Å². The zero-order chi connectivity index (χ0) is 10.6. The smallest absolute Gasteiger partial charge is 0.188 e. The van der Waals surface area contributed by atoms with Crippen molar-refractivity contribution in [3.05, 3.63) is 0 Å². The summed E-state index contributed by atoms with van der Waals surface area (Å²) in [6.07, 6.45) is -0.300. The van der Waals surface area contributed by atoms with Crippen molar-refractivity contribution in [1.82, 2.24) is 4.90 Å². The van der Waals surface area contributed by atoms with Crippen LogP contribution in [0.5, 0.6) is 0 Å². The third-order valence-electron chi connectivity index (χ3n) is 2.47. The average Bonchev–Trinajstić information content (AvgIpc) is 2.18. The highest BCUT2D eigenvalue weighted by Crippen LogP contribution is 2.09. The molecule has 0 aromatic carbocycles. The van der Waals surface area contributed by atoms with E-state index in [0.29, 0.717) is 19.2 Å². The number of methoxy groups -OCH3 is 1. The molecule has 0 bridgehead atoms. The zero-order valence-corrected chi connectivity index (χ0v) is 9.16. The Kier molecular flexibility index (Phi) is 4.51. The highest BCUT2D eigenvalue weighted by Gasteiger charge is 2.27. The van der Waals surface area contributed by atoms with Gasteiger partial charge in [-0.15, -0.1) is 0 Å².